The molecule has 0 spiro atoms. The topological polar surface area (TPSA) is 17.1 Å². The van der Waals surface area contributed by atoms with E-state index in [2.05, 4.69) is 62.0 Å². The van der Waals surface area contributed by atoms with Crippen molar-refractivity contribution in [1.29, 1.82) is 0 Å². The Morgan fingerprint density at radius 2 is 0.736 bits per heavy atom. The molecule has 0 unspecified atom stereocenters. The van der Waals surface area contributed by atoms with Crippen LogP contribution >= 0.6 is 12.6 Å². The van der Waals surface area contributed by atoms with Crippen LogP contribution in [0.5, 0.6) is 0 Å². The summed E-state index contributed by atoms with van der Waals surface area (Å²) >= 11 is 5.67. The highest BCUT2D eigenvalue weighted by atomic mass is 32.1. The van der Waals surface area contributed by atoms with E-state index in [-0.39, 0.29) is 16.2 Å². The second kappa shape index (κ2) is 46.8. The fourth-order valence-electron chi connectivity index (χ4n) is 14.7. The lowest BCUT2D eigenvalue weighted by Crippen LogP contribution is -2.61. The zero-order valence-electron chi connectivity index (χ0n) is 51.3. The van der Waals surface area contributed by atoms with Gasteiger partial charge in [0.1, 0.15) is 5.78 Å². The van der Waals surface area contributed by atoms with Gasteiger partial charge in [0.15, 0.2) is 0 Å². The van der Waals surface area contributed by atoms with Crippen molar-refractivity contribution in [3.8, 4) is 0 Å². The summed E-state index contributed by atoms with van der Waals surface area (Å²) in [5.74, 6) is 1.67. The summed E-state index contributed by atoms with van der Waals surface area (Å²) in [5.41, 5.74) is 1.46. The lowest BCUT2D eigenvalue weighted by molar-refractivity contribution is -0.182. The van der Waals surface area contributed by atoms with Gasteiger partial charge in [-0.3, -0.25) is 4.79 Å². The number of hydrogen-bond donors (Lipinski definition) is 1. The highest BCUT2D eigenvalue weighted by Gasteiger charge is 2.65. The van der Waals surface area contributed by atoms with Crippen molar-refractivity contribution in [2.45, 2.75) is 401 Å². The smallest absolute Gasteiger partial charge is 0.139 e. The van der Waals surface area contributed by atoms with Gasteiger partial charge in [0.05, 0.1) is 0 Å². The Morgan fingerprint density at radius 1 is 0.444 bits per heavy atom. The minimum absolute atomic E-state index is 0.0831. The van der Waals surface area contributed by atoms with E-state index in [1.165, 1.54) is 320 Å². The molecule has 1 rings (SSSR count). The third-order valence-corrected chi connectivity index (χ3v) is 20.1. The van der Waals surface area contributed by atoms with E-state index in [9.17, 15) is 0 Å². The Hall–Kier alpha value is -0.240. The number of Topliss-reactive ketones (excluding diaryl/α,β-unsaturated/α-hetero) is 1. The number of allylic oxidation sites excluding steroid dienone is 1. The molecule has 0 aromatic heterocycles. The van der Waals surface area contributed by atoms with Gasteiger partial charge in [0.2, 0.25) is 0 Å². The molecule has 72 heavy (non-hydrogen) atoms. The van der Waals surface area contributed by atoms with E-state index in [1.54, 1.807) is 0 Å². The van der Waals surface area contributed by atoms with Gasteiger partial charge in [0, 0.05) is 17.1 Å². The van der Waals surface area contributed by atoms with E-state index in [1.807, 2.05) is 0 Å². The fraction of sp³-hybridized carbons (Fsp3) is 0.957. The third-order valence-electron chi connectivity index (χ3n) is 19.4. The maximum absolute atomic E-state index is 16.2. The summed E-state index contributed by atoms with van der Waals surface area (Å²) in [6, 6.07) is 0. The molecule has 1 aliphatic rings. The van der Waals surface area contributed by atoms with Gasteiger partial charge in [0.25, 0.3) is 0 Å². The van der Waals surface area contributed by atoms with Gasteiger partial charge >= 0.3 is 0 Å². The van der Waals surface area contributed by atoms with Crippen molar-refractivity contribution in [3.63, 3.8) is 0 Å². The lowest BCUT2D eigenvalue weighted by atomic mass is 9.38. The van der Waals surface area contributed by atoms with E-state index in [4.69, 9.17) is 12.6 Å². The summed E-state index contributed by atoms with van der Waals surface area (Å²) in [5, 5.41) is 0.303. The molecular weight excluding hydrogens is 889 g/mol. The number of carbonyl (C=O) groups is 1. The molecule has 4 atom stereocenters. The molecule has 0 saturated heterocycles. The van der Waals surface area contributed by atoms with Crippen LogP contribution in [0.25, 0.3) is 0 Å². The molecule has 2 heteroatoms. The summed E-state index contributed by atoms with van der Waals surface area (Å²) < 4.78 is 0. The molecule has 428 valence electrons. The molecule has 0 amide bonds. The first-order valence-corrected chi connectivity index (χ1v) is 34.5. The minimum atomic E-state index is -0.239. The first-order valence-electron chi connectivity index (χ1n) is 34.0. The molecule has 1 nitrogen and oxygen atoms in total. The average Bonchev–Trinajstić information content (AvgIpc) is 3.37. The summed E-state index contributed by atoms with van der Waals surface area (Å²) in [6.07, 6.45) is 71.0. The minimum Gasteiger partial charge on any atom is -0.299 e. The van der Waals surface area contributed by atoms with Crippen molar-refractivity contribution >= 4 is 18.4 Å². The van der Waals surface area contributed by atoms with Gasteiger partial charge in [-0.2, -0.15) is 12.6 Å². The van der Waals surface area contributed by atoms with E-state index < -0.39 is 0 Å². The Labute approximate surface area is 462 Å². The van der Waals surface area contributed by atoms with Crippen LogP contribution in [0.3, 0.4) is 0 Å². The molecule has 0 aromatic rings. The van der Waals surface area contributed by atoms with E-state index in [0.29, 0.717) is 17.1 Å². The van der Waals surface area contributed by atoms with Crippen LogP contribution in [0.15, 0.2) is 12.2 Å². The molecule has 0 aromatic carbocycles. The molecule has 0 heterocycles. The number of unbranched alkanes of at least 4 members (excludes halogenated alkanes) is 37. The van der Waals surface area contributed by atoms with Crippen LogP contribution < -0.4 is 0 Å². The van der Waals surface area contributed by atoms with Crippen molar-refractivity contribution in [1.82, 2.24) is 0 Å². The second-order valence-corrected chi connectivity index (χ2v) is 26.2. The normalized spacial score (nSPS) is 17.9. The highest BCUT2D eigenvalue weighted by molar-refractivity contribution is 7.81. The maximum atomic E-state index is 16.2. The average molecular weight is 1030 g/mol. The molecule has 0 N–H and O–H groups in total. The van der Waals surface area contributed by atoms with Gasteiger partial charge in [-0.1, -0.05) is 337 Å². The van der Waals surface area contributed by atoms with Crippen LogP contribution in [0.2, 0.25) is 0 Å². The molecule has 0 bridgehead atoms. The van der Waals surface area contributed by atoms with E-state index in [0.717, 1.165) is 31.5 Å². The first kappa shape index (κ1) is 69.8. The van der Waals surface area contributed by atoms with Crippen LogP contribution in [0.4, 0.5) is 0 Å². The SMILES string of the molecule is C=C(C)[C@@H](CCCCC)C[C@H](S)[C@@H](C)C[C@]1(CCCCCCCCCC)C(=O)CCC(CCCCCCCCCC)(CCCCCCCCCC)C1(CCCCCCCCCC)CCCCCCCCCC. The second-order valence-electron chi connectivity index (χ2n) is 25.5. The van der Waals surface area contributed by atoms with Crippen LogP contribution in [0.1, 0.15) is 396 Å². The van der Waals surface area contributed by atoms with Crippen molar-refractivity contribution in [3.05, 3.63) is 12.2 Å². The van der Waals surface area contributed by atoms with Crippen molar-refractivity contribution in [2.75, 3.05) is 0 Å². The monoisotopic (exact) mass is 1030 g/mol. The predicted molar refractivity (Wildman–Crippen MR) is 331 cm³/mol. The fourth-order valence-corrected chi connectivity index (χ4v) is 15.0. The van der Waals surface area contributed by atoms with Gasteiger partial charge < -0.3 is 0 Å². The molecule has 0 radical (unpaired) electrons. The Bertz CT molecular complexity index is 1160. The zero-order valence-corrected chi connectivity index (χ0v) is 52.2. The molecule has 1 aliphatic carbocycles. The van der Waals surface area contributed by atoms with Crippen LogP contribution in [-0.4, -0.2) is 11.0 Å². The van der Waals surface area contributed by atoms with Crippen molar-refractivity contribution in [2.24, 2.45) is 28.1 Å². The van der Waals surface area contributed by atoms with E-state index >= 15 is 4.79 Å². The quantitative estimate of drug-likeness (QED) is 0.0365. The standard InChI is InChI=1S/C70H136OS/c1-10-16-22-27-32-37-42-48-55-68(56-49-43-38-33-28-23-17-11-2)60-54-67(71)69(57-50-44-39-34-29-24-18-12-3,62-64(9)66(72)61-65(63(7)8)53-47-21-15-6)70(68,58-51-45-40-35-30-25-19-13-4)59-52-46-41-36-31-26-20-14-5/h64-66,72H,7,10-62H2,1-6,8-9H3/t64-,65-,66-,69+/m0/s1. The van der Waals surface area contributed by atoms with Crippen LogP contribution in [0, 0.1) is 28.1 Å². The number of carbonyl (C=O) groups excluding carboxylic acids is 1. The molecule has 1 fully saturated rings. The summed E-state index contributed by atoms with van der Waals surface area (Å²) in [4.78, 5) is 16.2. The maximum Gasteiger partial charge on any atom is 0.139 e. The number of rotatable bonds is 55. The number of thiol groups is 1. The first-order chi connectivity index (χ1) is 35.1. The lowest BCUT2D eigenvalue weighted by Gasteiger charge is -2.65. The van der Waals surface area contributed by atoms with Gasteiger partial charge in [-0.25, -0.2) is 0 Å². The Kier molecular flexibility index (Phi) is 45.4. The highest BCUT2D eigenvalue weighted by Crippen LogP contribution is 2.70. The van der Waals surface area contributed by atoms with Gasteiger partial charge in [-0.05, 0) is 87.4 Å². The van der Waals surface area contributed by atoms with Gasteiger partial charge in [-0.15, -0.1) is 0 Å². The predicted octanol–water partition coefficient (Wildman–Crippen LogP) is 25.4. The number of hydrogen-bond acceptors (Lipinski definition) is 2. The Morgan fingerprint density at radius 3 is 1.07 bits per heavy atom. The molecule has 0 aliphatic heterocycles. The number of ketones is 1. The largest absolute Gasteiger partial charge is 0.299 e. The zero-order chi connectivity index (χ0) is 52.9. The molecule has 1 saturated carbocycles. The molecular formula is C70H136OS. The Balaban J connectivity index is 4.06. The van der Waals surface area contributed by atoms with Crippen molar-refractivity contribution < 1.29 is 4.79 Å². The third kappa shape index (κ3) is 28.9. The van der Waals surface area contributed by atoms with Crippen LogP contribution in [-0.2, 0) is 4.79 Å². The summed E-state index contributed by atoms with van der Waals surface area (Å²) in [6.45, 7) is 23.6. The summed E-state index contributed by atoms with van der Waals surface area (Å²) in [7, 11) is 0.